The zero-order chi connectivity index (χ0) is 13.9. The summed E-state index contributed by atoms with van der Waals surface area (Å²) in [6.07, 6.45) is 9.74. The Hall–Kier alpha value is -2.26. The van der Waals surface area contributed by atoms with Crippen molar-refractivity contribution >= 4 is 21.5 Å². The second-order valence-electron chi connectivity index (χ2n) is 5.22. The van der Waals surface area contributed by atoms with Gasteiger partial charge in [0.15, 0.2) is 0 Å². The van der Waals surface area contributed by atoms with Gasteiger partial charge in [-0.3, -0.25) is 0 Å². The minimum atomic E-state index is 0.0796. The van der Waals surface area contributed by atoms with Crippen molar-refractivity contribution in [2.24, 2.45) is 0 Å². The van der Waals surface area contributed by atoms with E-state index >= 15 is 0 Å². The summed E-state index contributed by atoms with van der Waals surface area (Å²) in [6, 6.07) is 19.2. The van der Waals surface area contributed by atoms with E-state index in [0.29, 0.717) is 0 Å². The quantitative estimate of drug-likeness (QED) is 0.431. The lowest BCUT2D eigenvalue weighted by Crippen LogP contribution is -1.98. The van der Waals surface area contributed by atoms with Gasteiger partial charge in [-0.1, -0.05) is 67.8 Å². The largest absolute Gasteiger partial charge is 0.0808 e. The third-order valence-electron chi connectivity index (χ3n) is 3.91. The molecule has 0 fully saturated rings. The molecule has 20 heavy (non-hydrogen) atoms. The maximum absolute atomic E-state index is 7.70. The molecule has 0 nitrogen and oxygen atoms in total. The molecule has 0 spiro atoms. The average molecular weight is 257 g/mol. The molecule has 3 aromatic rings. The molecule has 1 unspecified atom stereocenters. The van der Waals surface area contributed by atoms with Gasteiger partial charge in [0.25, 0.3) is 0 Å². The highest BCUT2D eigenvalue weighted by Gasteiger charge is 2.15. The molecule has 0 saturated heterocycles. The number of benzene rings is 3. The molecule has 0 aromatic heterocycles. The third kappa shape index (κ3) is 2.06. The van der Waals surface area contributed by atoms with E-state index in [1.165, 1.54) is 27.1 Å². The predicted molar refractivity (Wildman–Crippen MR) is 86.2 cm³/mol. The van der Waals surface area contributed by atoms with E-state index in [2.05, 4.69) is 67.4 Å². The summed E-state index contributed by atoms with van der Waals surface area (Å²) in [5.74, 6) is 2.83. The van der Waals surface area contributed by atoms with Crippen LogP contribution in [0.15, 0.2) is 54.6 Å². The maximum Gasteiger partial charge on any atom is 0.0474 e. The van der Waals surface area contributed by atoms with Gasteiger partial charge >= 0.3 is 0 Å². The van der Waals surface area contributed by atoms with Gasteiger partial charge in [0.05, 0.1) is 0 Å². The fourth-order valence-corrected chi connectivity index (χ4v) is 3.00. The molecule has 0 bridgehead atoms. The van der Waals surface area contributed by atoms with Crippen molar-refractivity contribution in [1.82, 2.24) is 0 Å². The normalized spacial score (nSPS) is 12.4. The molecule has 0 aliphatic rings. The van der Waals surface area contributed by atoms with E-state index in [9.17, 15) is 0 Å². The molecule has 1 radical (unpaired) electrons. The van der Waals surface area contributed by atoms with Gasteiger partial charge in [0.1, 0.15) is 0 Å². The van der Waals surface area contributed by atoms with E-state index in [1.54, 1.807) is 0 Å². The summed E-state index contributed by atoms with van der Waals surface area (Å²) in [5.41, 5.74) is 1.26. The minimum Gasteiger partial charge on any atom is -0.0808 e. The maximum atomic E-state index is 7.70. The first-order chi connectivity index (χ1) is 9.85. The lowest BCUT2D eigenvalue weighted by molar-refractivity contribution is 0.742. The molecule has 3 aromatic carbocycles. The van der Waals surface area contributed by atoms with E-state index in [1.807, 2.05) is 0 Å². The fourth-order valence-electron chi connectivity index (χ4n) is 3.00. The topological polar surface area (TPSA) is 0 Å². The Bertz CT molecular complexity index is 736. The first-order valence-electron chi connectivity index (χ1n) is 7.17. The van der Waals surface area contributed by atoms with Crippen molar-refractivity contribution in [1.29, 1.82) is 0 Å². The Morgan fingerprint density at radius 2 is 1.50 bits per heavy atom. The molecule has 0 N–H and O–H groups in total. The van der Waals surface area contributed by atoms with E-state index in [0.717, 1.165) is 12.8 Å². The average Bonchev–Trinajstić information content (AvgIpc) is 2.50. The number of hydrogen-bond donors (Lipinski definition) is 0. The highest BCUT2D eigenvalue weighted by molar-refractivity contribution is 6.03. The first-order valence-corrected chi connectivity index (χ1v) is 7.17. The first kappa shape index (κ1) is 12.8. The molecule has 0 heteroatoms. The standard InChI is InChI=1S/C20H17/c1-3-9-15(4-2)20-18-12-7-5-10-16(18)14-17-11-6-8-13-19(17)20/h5-8,10-15H,3,9H2,1H3. The Morgan fingerprint density at radius 1 is 0.950 bits per heavy atom. The van der Waals surface area contributed by atoms with Crippen LogP contribution in [0.2, 0.25) is 0 Å². The van der Waals surface area contributed by atoms with Crippen molar-refractivity contribution in [2.45, 2.75) is 25.7 Å². The number of rotatable bonds is 3. The van der Waals surface area contributed by atoms with Crippen LogP contribution in [0.3, 0.4) is 0 Å². The van der Waals surface area contributed by atoms with Crippen LogP contribution in [-0.4, -0.2) is 0 Å². The zero-order valence-electron chi connectivity index (χ0n) is 11.7. The highest BCUT2D eigenvalue weighted by atomic mass is 14.2. The lowest BCUT2D eigenvalue weighted by Gasteiger charge is -2.16. The van der Waals surface area contributed by atoms with Crippen molar-refractivity contribution in [3.05, 3.63) is 66.6 Å². The Morgan fingerprint density at radius 3 is 2.00 bits per heavy atom. The monoisotopic (exact) mass is 257 g/mol. The van der Waals surface area contributed by atoms with E-state index in [4.69, 9.17) is 6.42 Å². The Labute approximate surface area is 120 Å². The van der Waals surface area contributed by atoms with Gasteiger partial charge in [-0.25, -0.2) is 0 Å². The molecule has 0 amide bonds. The van der Waals surface area contributed by atoms with Gasteiger partial charge in [-0.15, -0.1) is 0 Å². The summed E-state index contributed by atoms with van der Waals surface area (Å²) in [6.45, 7) is 2.16. The number of fused-ring (bicyclic) bond motifs is 2. The van der Waals surface area contributed by atoms with Crippen LogP contribution in [0.4, 0.5) is 0 Å². The Kier molecular flexibility index (Phi) is 3.44. The number of hydrogen-bond acceptors (Lipinski definition) is 0. The molecule has 0 aliphatic heterocycles. The lowest BCUT2D eigenvalue weighted by atomic mass is 9.86. The summed E-state index contributed by atoms with van der Waals surface area (Å²) in [5, 5.41) is 5.00. The zero-order valence-corrected chi connectivity index (χ0v) is 11.7. The highest BCUT2D eigenvalue weighted by Crippen LogP contribution is 2.35. The van der Waals surface area contributed by atoms with Crippen molar-refractivity contribution in [3.63, 3.8) is 0 Å². The van der Waals surface area contributed by atoms with Crippen LogP contribution in [0.5, 0.6) is 0 Å². The molecule has 0 heterocycles. The molecular weight excluding hydrogens is 240 g/mol. The summed E-state index contributed by atoms with van der Waals surface area (Å²) in [4.78, 5) is 0. The molecule has 1 atom stereocenters. The molecule has 0 saturated carbocycles. The predicted octanol–water partition coefficient (Wildman–Crippen LogP) is 5.47. The third-order valence-corrected chi connectivity index (χ3v) is 3.91. The second-order valence-corrected chi connectivity index (χ2v) is 5.22. The minimum absolute atomic E-state index is 0.0796. The van der Waals surface area contributed by atoms with Gasteiger partial charge in [-0.2, -0.15) is 0 Å². The van der Waals surface area contributed by atoms with Crippen molar-refractivity contribution < 1.29 is 0 Å². The van der Waals surface area contributed by atoms with Gasteiger partial charge in [0.2, 0.25) is 0 Å². The molecular formula is C20H17. The Balaban J connectivity index is 2.42. The smallest absolute Gasteiger partial charge is 0.0474 e. The summed E-state index contributed by atoms with van der Waals surface area (Å²) < 4.78 is 0. The van der Waals surface area contributed by atoms with Gasteiger partial charge in [-0.05, 0) is 46.0 Å². The summed E-state index contributed by atoms with van der Waals surface area (Å²) in [7, 11) is 0. The van der Waals surface area contributed by atoms with Crippen LogP contribution in [0, 0.1) is 12.3 Å². The van der Waals surface area contributed by atoms with Gasteiger partial charge < -0.3 is 0 Å². The van der Waals surface area contributed by atoms with Crippen LogP contribution in [0.1, 0.15) is 31.2 Å². The van der Waals surface area contributed by atoms with Crippen LogP contribution >= 0.6 is 0 Å². The van der Waals surface area contributed by atoms with Crippen LogP contribution < -0.4 is 0 Å². The molecule has 0 aliphatic carbocycles. The van der Waals surface area contributed by atoms with Crippen molar-refractivity contribution in [2.75, 3.05) is 0 Å². The SMILES string of the molecule is [C]#CC(CCC)c1c2ccccc2cc2ccccc12. The fraction of sp³-hybridized carbons (Fsp3) is 0.200. The summed E-state index contributed by atoms with van der Waals surface area (Å²) >= 11 is 0. The van der Waals surface area contributed by atoms with Gasteiger partial charge in [0, 0.05) is 5.92 Å². The van der Waals surface area contributed by atoms with E-state index in [-0.39, 0.29) is 5.92 Å². The second kappa shape index (κ2) is 5.39. The van der Waals surface area contributed by atoms with Crippen molar-refractivity contribution in [3.8, 4) is 5.92 Å². The van der Waals surface area contributed by atoms with E-state index < -0.39 is 0 Å². The molecule has 97 valence electrons. The molecule has 3 rings (SSSR count). The van der Waals surface area contributed by atoms with Crippen LogP contribution in [0.25, 0.3) is 21.5 Å². The van der Waals surface area contributed by atoms with Crippen LogP contribution in [-0.2, 0) is 0 Å².